The molecule has 1 saturated heterocycles. The van der Waals surface area contributed by atoms with Gasteiger partial charge in [-0.15, -0.1) is 0 Å². The Morgan fingerprint density at radius 2 is 1.71 bits per heavy atom. The first-order chi connectivity index (χ1) is 16.7. The maximum Gasteiger partial charge on any atom is 0.231 e. The highest BCUT2D eigenvalue weighted by atomic mass is 16.7. The Bertz CT molecular complexity index is 1110. The van der Waals surface area contributed by atoms with E-state index in [-0.39, 0.29) is 0 Å². The van der Waals surface area contributed by atoms with E-state index in [1.807, 2.05) is 18.2 Å². The summed E-state index contributed by atoms with van der Waals surface area (Å²) in [5.41, 5.74) is 2.20. The molecule has 180 valence electrons. The van der Waals surface area contributed by atoms with Crippen LogP contribution in [0.3, 0.4) is 0 Å². The van der Waals surface area contributed by atoms with Crippen LogP contribution >= 0.6 is 0 Å². The van der Waals surface area contributed by atoms with Crippen LogP contribution < -0.4 is 14.8 Å². The maximum atomic E-state index is 5.68. The predicted octanol–water partition coefficient (Wildman–Crippen LogP) is 3.04. The number of hydrogen-bond donors (Lipinski definition) is 1. The van der Waals surface area contributed by atoms with Crippen molar-refractivity contribution in [2.75, 3.05) is 65.5 Å². The molecule has 8 heteroatoms. The molecular weight excluding hydrogens is 428 g/mol. The van der Waals surface area contributed by atoms with Gasteiger partial charge in [0.15, 0.2) is 11.5 Å². The van der Waals surface area contributed by atoms with Gasteiger partial charge in [-0.05, 0) is 45.3 Å². The van der Waals surface area contributed by atoms with Crippen molar-refractivity contribution in [2.24, 2.45) is 0 Å². The molecule has 34 heavy (non-hydrogen) atoms. The van der Waals surface area contributed by atoms with E-state index in [2.05, 4.69) is 58.4 Å². The average Bonchev–Trinajstić information content (AvgIpc) is 3.33. The van der Waals surface area contributed by atoms with Crippen molar-refractivity contribution in [1.82, 2.24) is 24.7 Å². The summed E-state index contributed by atoms with van der Waals surface area (Å²) in [6.45, 7) is 7.92. The Balaban J connectivity index is 1.20. The lowest BCUT2D eigenvalue weighted by Gasteiger charge is -2.34. The third-order valence-corrected chi connectivity index (χ3v) is 6.43. The number of rotatable bonds is 9. The molecule has 0 bridgehead atoms. The van der Waals surface area contributed by atoms with Gasteiger partial charge in [0.05, 0.1) is 12.1 Å². The summed E-state index contributed by atoms with van der Waals surface area (Å²) in [6, 6.07) is 14.4. The van der Waals surface area contributed by atoms with Crippen LogP contribution in [0.15, 0.2) is 42.5 Å². The normalized spacial score (nSPS) is 16.4. The van der Waals surface area contributed by atoms with Gasteiger partial charge < -0.3 is 19.7 Å². The lowest BCUT2D eigenvalue weighted by molar-refractivity contribution is 0.118. The summed E-state index contributed by atoms with van der Waals surface area (Å²) in [4.78, 5) is 16.9. The van der Waals surface area contributed by atoms with E-state index in [1.54, 1.807) is 0 Å². The molecule has 2 aliphatic heterocycles. The first-order valence-corrected chi connectivity index (χ1v) is 12.1. The molecule has 1 fully saturated rings. The fourth-order valence-electron chi connectivity index (χ4n) is 4.59. The van der Waals surface area contributed by atoms with Crippen molar-refractivity contribution >= 4 is 16.7 Å². The Morgan fingerprint density at radius 3 is 2.53 bits per heavy atom. The van der Waals surface area contributed by atoms with Crippen LogP contribution in [0, 0.1) is 0 Å². The van der Waals surface area contributed by atoms with E-state index in [0.717, 1.165) is 92.8 Å². The molecule has 5 rings (SSSR count). The molecule has 0 saturated carbocycles. The summed E-state index contributed by atoms with van der Waals surface area (Å²) >= 11 is 0. The van der Waals surface area contributed by atoms with Crippen LogP contribution in [-0.4, -0.2) is 84.8 Å². The van der Waals surface area contributed by atoms with Crippen molar-refractivity contribution < 1.29 is 9.47 Å². The molecule has 0 amide bonds. The minimum atomic E-state index is 0.318. The summed E-state index contributed by atoms with van der Waals surface area (Å²) in [5.74, 6) is 3.59. The number of hydrogen-bond acceptors (Lipinski definition) is 8. The lowest BCUT2D eigenvalue weighted by Crippen LogP contribution is -2.45. The molecule has 3 aromatic rings. The Morgan fingerprint density at radius 1 is 0.912 bits per heavy atom. The number of nitrogens with zero attached hydrogens (tertiary/aromatic N) is 5. The van der Waals surface area contributed by atoms with Crippen LogP contribution in [0.2, 0.25) is 0 Å². The zero-order valence-corrected chi connectivity index (χ0v) is 20.2. The van der Waals surface area contributed by atoms with Gasteiger partial charge in [-0.2, -0.15) is 0 Å². The van der Waals surface area contributed by atoms with Crippen LogP contribution in [0.1, 0.15) is 17.8 Å². The second-order valence-corrected chi connectivity index (χ2v) is 9.29. The number of ether oxygens (including phenoxy) is 2. The number of piperazine rings is 1. The molecule has 1 N–H and O–H groups in total. The molecule has 2 aromatic carbocycles. The Hall–Kier alpha value is -2.94. The third-order valence-electron chi connectivity index (χ3n) is 6.43. The standard InChI is InChI=1S/C26H34N6O2/c1-30(2)12-6-11-27-26-21-8-3-4-9-22(21)28-24(29-26)18-32-15-13-31(14-16-32)17-20-7-5-10-23-25(20)34-19-33-23/h3-5,7-10H,6,11-19H2,1-2H3,(H,27,28,29). The summed E-state index contributed by atoms with van der Waals surface area (Å²) in [5, 5.41) is 4.63. The topological polar surface area (TPSA) is 66.0 Å². The van der Waals surface area contributed by atoms with Crippen LogP contribution in [0.25, 0.3) is 10.9 Å². The molecule has 2 aliphatic rings. The number of para-hydroxylation sites is 2. The SMILES string of the molecule is CN(C)CCCNc1nc(CN2CCN(Cc3cccc4c3OCO4)CC2)nc2ccccc12. The first kappa shape index (κ1) is 22.8. The Kier molecular flexibility index (Phi) is 7.08. The smallest absolute Gasteiger partial charge is 0.231 e. The average molecular weight is 463 g/mol. The Labute approximate surface area is 201 Å². The highest BCUT2D eigenvalue weighted by Gasteiger charge is 2.22. The van der Waals surface area contributed by atoms with Crippen molar-refractivity contribution in [1.29, 1.82) is 0 Å². The van der Waals surface area contributed by atoms with Gasteiger partial charge in [0.1, 0.15) is 11.6 Å². The third kappa shape index (κ3) is 5.41. The number of aromatic nitrogens is 2. The predicted molar refractivity (Wildman–Crippen MR) is 134 cm³/mol. The lowest BCUT2D eigenvalue weighted by atomic mass is 10.1. The van der Waals surface area contributed by atoms with Crippen molar-refractivity contribution in [3.63, 3.8) is 0 Å². The van der Waals surface area contributed by atoms with E-state index in [9.17, 15) is 0 Å². The fourth-order valence-corrected chi connectivity index (χ4v) is 4.59. The molecule has 3 heterocycles. The molecule has 0 aliphatic carbocycles. The highest BCUT2D eigenvalue weighted by molar-refractivity contribution is 5.88. The van der Waals surface area contributed by atoms with Gasteiger partial charge in [-0.1, -0.05) is 24.3 Å². The second-order valence-electron chi connectivity index (χ2n) is 9.29. The monoisotopic (exact) mass is 462 g/mol. The van der Waals surface area contributed by atoms with Gasteiger partial charge in [0, 0.05) is 50.2 Å². The number of fused-ring (bicyclic) bond motifs is 2. The quantitative estimate of drug-likeness (QED) is 0.487. The molecular formula is C26H34N6O2. The molecule has 0 unspecified atom stereocenters. The minimum absolute atomic E-state index is 0.318. The van der Waals surface area contributed by atoms with Crippen LogP contribution in [0.4, 0.5) is 5.82 Å². The van der Waals surface area contributed by atoms with E-state index in [0.29, 0.717) is 6.79 Å². The zero-order valence-electron chi connectivity index (χ0n) is 20.2. The van der Waals surface area contributed by atoms with Crippen LogP contribution in [0.5, 0.6) is 11.5 Å². The van der Waals surface area contributed by atoms with Crippen molar-refractivity contribution in [3.8, 4) is 11.5 Å². The van der Waals surface area contributed by atoms with E-state index in [1.165, 1.54) is 5.56 Å². The number of nitrogens with one attached hydrogen (secondary N) is 1. The van der Waals surface area contributed by atoms with E-state index >= 15 is 0 Å². The maximum absolute atomic E-state index is 5.68. The van der Waals surface area contributed by atoms with Gasteiger partial charge in [0.2, 0.25) is 6.79 Å². The zero-order chi connectivity index (χ0) is 23.3. The summed E-state index contributed by atoms with van der Waals surface area (Å²) in [6.07, 6.45) is 1.07. The van der Waals surface area contributed by atoms with Crippen LogP contribution in [-0.2, 0) is 13.1 Å². The minimum Gasteiger partial charge on any atom is -0.454 e. The fraction of sp³-hybridized carbons (Fsp3) is 0.462. The van der Waals surface area contributed by atoms with Gasteiger partial charge in [-0.25, -0.2) is 9.97 Å². The summed E-state index contributed by atoms with van der Waals surface area (Å²) < 4.78 is 11.2. The van der Waals surface area contributed by atoms with E-state index < -0.39 is 0 Å². The highest BCUT2D eigenvalue weighted by Crippen LogP contribution is 2.36. The molecule has 0 spiro atoms. The molecule has 8 nitrogen and oxygen atoms in total. The largest absolute Gasteiger partial charge is 0.454 e. The number of benzene rings is 2. The summed E-state index contributed by atoms with van der Waals surface area (Å²) in [7, 11) is 4.21. The van der Waals surface area contributed by atoms with E-state index in [4.69, 9.17) is 19.4 Å². The second kappa shape index (κ2) is 10.5. The van der Waals surface area contributed by atoms with Gasteiger partial charge >= 0.3 is 0 Å². The first-order valence-electron chi connectivity index (χ1n) is 12.1. The van der Waals surface area contributed by atoms with Crippen molar-refractivity contribution in [2.45, 2.75) is 19.5 Å². The van der Waals surface area contributed by atoms with Gasteiger partial charge in [-0.3, -0.25) is 9.80 Å². The van der Waals surface area contributed by atoms with Crippen molar-refractivity contribution in [3.05, 3.63) is 53.9 Å². The molecule has 0 radical (unpaired) electrons. The molecule has 0 atom stereocenters. The van der Waals surface area contributed by atoms with Gasteiger partial charge in [0.25, 0.3) is 0 Å². The molecule has 1 aromatic heterocycles. The number of anilines is 1.